The van der Waals surface area contributed by atoms with E-state index in [4.69, 9.17) is 0 Å². The molecule has 0 saturated carbocycles. The maximum Gasteiger partial charge on any atom is 0.222 e. The number of H-pyrrole nitrogens is 1. The van der Waals surface area contributed by atoms with Gasteiger partial charge in [0.2, 0.25) is 5.91 Å². The highest BCUT2D eigenvalue weighted by Crippen LogP contribution is 2.31. The number of likely N-dealkylation sites (N-methyl/N-ethyl adjacent to an activating group) is 1. The van der Waals surface area contributed by atoms with Crippen LogP contribution >= 0.6 is 0 Å². The van der Waals surface area contributed by atoms with Gasteiger partial charge >= 0.3 is 0 Å². The number of nitrogens with one attached hydrogen (secondary N) is 1. The van der Waals surface area contributed by atoms with Crippen LogP contribution in [0.3, 0.4) is 0 Å². The lowest BCUT2D eigenvalue weighted by Crippen LogP contribution is -2.48. The van der Waals surface area contributed by atoms with Gasteiger partial charge in [-0.15, -0.1) is 0 Å². The zero-order valence-electron chi connectivity index (χ0n) is 17.4. The molecule has 0 bridgehead atoms. The van der Waals surface area contributed by atoms with E-state index in [1.807, 2.05) is 29.3 Å². The van der Waals surface area contributed by atoms with Crippen molar-refractivity contribution < 1.29 is 4.79 Å². The number of pyridine rings is 1. The lowest BCUT2D eigenvalue weighted by molar-refractivity contribution is -0.133. The minimum Gasteiger partial charge on any atom is -0.353 e. The van der Waals surface area contributed by atoms with Gasteiger partial charge in [-0.1, -0.05) is 24.6 Å². The highest BCUT2D eigenvalue weighted by molar-refractivity contribution is 5.90. The van der Waals surface area contributed by atoms with Crippen molar-refractivity contribution in [1.29, 1.82) is 0 Å². The third-order valence-electron chi connectivity index (χ3n) is 5.97. The molecule has 1 aliphatic rings. The Balaban J connectivity index is 1.49. The van der Waals surface area contributed by atoms with Crippen molar-refractivity contribution in [2.24, 2.45) is 0 Å². The molecule has 1 saturated heterocycles. The van der Waals surface area contributed by atoms with E-state index in [0.717, 1.165) is 62.5 Å². The van der Waals surface area contributed by atoms with E-state index in [2.05, 4.69) is 46.9 Å². The van der Waals surface area contributed by atoms with Crippen LogP contribution in [0.25, 0.3) is 22.3 Å². The second-order valence-electron chi connectivity index (χ2n) is 7.91. The topological polar surface area (TPSA) is 52.2 Å². The summed E-state index contributed by atoms with van der Waals surface area (Å²) in [4.78, 5) is 25.2. The molecule has 5 heteroatoms. The SMILES string of the molecule is CCN1CCN(C(=O)CCCc2c(-c3ccccn3)[nH]c3ccc(C)cc23)CC1. The Labute approximate surface area is 172 Å². The Kier molecular flexibility index (Phi) is 5.95. The number of aryl methyl sites for hydroxylation is 2. The molecule has 5 nitrogen and oxygen atoms in total. The van der Waals surface area contributed by atoms with Gasteiger partial charge < -0.3 is 14.8 Å². The molecule has 1 fully saturated rings. The van der Waals surface area contributed by atoms with Crippen LogP contribution < -0.4 is 0 Å². The van der Waals surface area contributed by atoms with Crippen molar-refractivity contribution >= 4 is 16.8 Å². The minimum absolute atomic E-state index is 0.288. The van der Waals surface area contributed by atoms with Crippen molar-refractivity contribution in [3.8, 4) is 11.4 Å². The lowest BCUT2D eigenvalue weighted by atomic mass is 10.0. The zero-order valence-corrected chi connectivity index (χ0v) is 17.4. The molecule has 152 valence electrons. The van der Waals surface area contributed by atoms with Crippen LogP contribution in [-0.4, -0.2) is 58.4 Å². The summed E-state index contributed by atoms with van der Waals surface area (Å²) in [5.74, 6) is 0.288. The summed E-state index contributed by atoms with van der Waals surface area (Å²) in [5.41, 5.74) is 5.68. The number of amides is 1. The number of aromatic amines is 1. The molecule has 0 atom stereocenters. The summed E-state index contributed by atoms with van der Waals surface area (Å²) in [6.45, 7) is 9.08. The number of carbonyl (C=O) groups excluding carboxylic acids is 1. The number of carbonyl (C=O) groups is 1. The zero-order chi connectivity index (χ0) is 20.2. The predicted molar refractivity (Wildman–Crippen MR) is 118 cm³/mol. The van der Waals surface area contributed by atoms with Crippen molar-refractivity contribution in [3.05, 3.63) is 53.7 Å². The fourth-order valence-electron chi connectivity index (χ4n) is 4.24. The maximum absolute atomic E-state index is 12.7. The first-order valence-corrected chi connectivity index (χ1v) is 10.7. The van der Waals surface area contributed by atoms with Crippen molar-refractivity contribution in [3.63, 3.8) is 0 Å². The molecular weight excluding hydrogens is 360 g/mol. The number of benzene rings is 1. The van der Waals surface area contributed by atoms with Gasteiger partial charge in [-0.05, 0) is 56.1 Å². The highest BCUT2D eigenvalue weighted by Gasteiger charge is 2.20. The summed E-state index contributed by atoms with van der Waals surface area (Å²) in [6, 6.07) is 12.5. The number of piperazine rings is 1. The Hall–Kier alpha value is -2.66. The summed E-state index contributed by atoms with van der Waals surface area (Å²) in [6.07, 6.45) is 4.16. The third-order valence-corrected chi connectivity index (χ3v) is 5.97. The number of hydrogen-bond acceptors (Lipinski definition) is 3. The predicted octanol–water partition coefficient (Wildman–Crippen LogP) is 4.03. The Morgan fingerprint density at radius 1 is 1.14 bits per heavy atom. The van der Waals surface area contributed by atoms with Crippen LogP contribution in [0.1, 0.15) is 30.9 Å². The van der Waals surface area contributed by atoms with Crippen LogP contribution in [0.4, 0.5) is 0 Å². The first-order valence-electron chi connectivity index (χ1n) is 10.7. The summed E-state index contributed by atoms with van der Waals surface area (Å²) >= 11 is 0. The fourth-order valence-corrected chi connectivity index (χ4v) is 4.24. The van der Waals surface area contributed by atoms with Gasteiger partial charge in [-0.3, -0.25) is 9.78 Å². The molecule has 3 aromatic rings. The highest BCUT2D eigenvalue weighted by atomic mass is 16.2. The third kappa shape index (κ3) is 4.35. The smallest absolute Gasteiger partial charge is 0.222 e. The Morgan fingerprint density at radius 3 is 2.69 bits per heavy atom. The molecular formula is C24H30N4O. The van der Waals surface area contributed by atoms with Gasteiger partial charge in [0.15, 0.2) is 0 Å². The van der Waals surface area contributed by atoms with E-state index in [9.17, 15) is 4.79 Å². The van der Waals surface area contributed by atoms with Crippen LogP contribution in [0.2, 0.25) is 0 Å². The Bertz CT molecular complexity index is 971. The van der Waals surface area contributed by atoms with E-state index in [-0.39, 0.29) is 5.91 Å². The fraction of sp³-hybridized carbons (Fsp3) is 0.417. The van der Waals surface area contributed by atoms with Crippen LogP contribution in [0.15, 0.2) is 42.6 Å². The van der Waals surface area contributed by atoms with Gasteiger partial charge in [0.05, 0.1) is 11.4 Å². The number of fused-ring (bicyclic) bond motifs is 1. The standard InChI is InChI=1S/C24H30N4O/c1-3-27-13-15-28(16-14-27)23(29)9-6-7-19-20-17-18(2)10-11-21(20)26-24(19)22-8-4-5-12-25-22/h4-5,8,10-12,17,26H,3,6-7,9,13-16H2,1-2H3. The molecule has 1 amide bonds. The van der Waals surface area contributed by atoms with Gasteiger partial charge in [-0.2, -0.15) is 0 Å². The summed E-state index contributed by atoms with van der Waals surface area (Å²) in [5, 5.41) is 1.25. The molecule has 1 N–H and O–H groups in total. The molecule has 3 heterocycles. The van der Waals surface area contributed by atoms with E-state index >= 15 is 0 Å². The number of rotatable bonds is 6. The lowest BCUT2D eigenvalue weighted by Gasteiger charge is -2.34. The first kappa shape index (κ1) is 19.6. The second kappa shape index (κ2) is 8.78. The van der Waals surface area contributed by atoms with Gasteiger partial charge in [-0.25, -0.2) is 0 Å². The van der Waals surface area contributed by atoms with Crippen molar-refractivity contribution in [1.82, 2.24) is 19.8 Å². The van der Waals surface area contributed by atoms with Crippen LogP contribution in [0.5, 0.6) is 0 Å². The Morgan fingerprint density at radius 2 is 1.97 bits per heavy atom. The number of aromatic nitrogens is 2. The molecule has 2 aromatic heterocycles. The summed E-state index contributed by atoms with van der Waals surface area (Å²) < 4.78 is 0. The normalized spacial score (nSPS) is 15.2. The monoisotopic (exact) mass is 390 g/mol. The van der Waals surface area contributed by atoms with Crippen molar-refractivity contribution in [2.45, 2.75) is 33.1 Å². The molecule has 0 radical (unpaired) electrons. The molecule has 4 rings (SSSR count). The van der Waals surface area contributed by atoms with Gasteiger partial charge in [0.25, 0.3) is 0 Å². The van der Waals surface area contributed by atoms with E-state index < -0.39 is 0 Å². The summed E-state index contributed by atoms with van der Waals surface area (Å²) in [7, 11) is 0. The van der Waals surface area contributed by atoms with Crippen molar-refractivity contribution in [2.75, 3.05) is 32.7 Å². The minimum atomic E-state index is 0.288. The molecule has 0 spiro atoms. The van der Waals surface area contributed by atoms with E-state index in [1.165, 1.54) is 16.5 Å². The average Bonchev–Trinajstić information content (AvgIpc) is 3.12. The first-order chi connectivity index (χ1) is 14.2. The molecule has 29 heavy (non-hydrogen) atoms. The number of hydrogen-bond donors (Lipinski definition) is 1. The average molecular weight is 391 g/mol. The van der Waals surface area contributed by atoms with Gasteiger partial charge in [0.1, 0.15) is 0 Å². The van der Waals surface area contributed by atoms with E-state index in [1.54, 1.807) is 0 Å². The second-order valence-corrected chi connectivity index (χ2v) is 7.91. The molecule has 1 aliphatic heterocycles. The number of nitrogens with zero attached hydrogens (tertiary/aromatic N) is 3. The molecule has 0 unspecified atom stereocenters. The molecule has 0 aliphatic carbocycles. The quantitative estimate of drug-likeness (QED) is 0.691. The molecule has 1 aromatic carbocycles. The largest absolute Gasteiger partial charge is 0.353 e. The maximum atomic E-state index is 12.7. The van der Waals surface area contributed by atoms with Gasteiger partial charge in [0, 0.05) is 49.7 Å². The van der Waals surface area contributed by atoms with E-state index in [0.29, 0.717) is 6.42 Å². The van der Waals surface area contributed by atoms with Crippen LogP contribution in [0, 0.1) is 6.92 Å². The van der Waals surface area contributed by atoms with Crippen LogP contribution in [-0.2, 0) is 11.2 Å².